The molecule has 1 unspecified atom stereocenters. The highest BCUT2D eigenvalue weighted by Crippen LogP contribution is 2.34. The SMILES string of the molecule is CCOC(=O)[C@@H](NC(=O)CC1OCCc2ccsc21)C(C)(C)C. The predicted molar refractivity (Wildman–Crippen MR) is 89.4 cm³/mol. The summed E-state index contributed by atoms with van der Waals surface area (Å²) in [5.41, 5.74) is 0.848. The lowest BCUT2D eigenvalue weighted by atomic mass is 9.86. The van der Waals surface area contributed by atoms with Gasteiger partial charge in [-0.2, -0.15) is 0 Å². The number of ether oxygens (including phenoxy) is 2. The van der Waals surface area contributed by atoms with E-state index in [0.717, 1.165) is 11.3 Å². The number of hydrogen-bond acceptors (Lipinski definition) is 5. The van der Waals surface area contributed by atoms with Crippen LogP contribution < -0.4 is 5.32 Å². The van der Waals surface area contributed by atoms with Gasteiger partial charge in [-0.3, -0.25) is 4.79 Å². The van der Waals surface area contributed by atoms with Gasteiger partial charge in [-0.15, -0.1) is 11.3 Å². The van der Waals surface area contributed by atoms with Gasteiger partial charge in [-0.05, 0) is 35.8 Å². The van der Waals surface area contributed by atoms with Crippen molar-refractivity contribution in [1.29, 1.82) is 0 Å². The largest absolute Gasteiger partial charge is 0.464 e. The lowest BCUT2D eigenvalue weighted by Gasteiger charge is -2.30. The minimum absolute atomic E-state index is 0.191. The zero-order chi connectivity index (χ0) is 17.0. The molecule has 0 spiro atoms. The van der Waals surface area contributed by atoms with Crippen LogP contribution in [0.15, 0.2) is 11.4 Å². The molecule has 2 rings (SSSR count). The Kier molecular flexibility index (Phi) is 5.81. The number of thiophene rings is 1. The van der Waals surface area contributed by atoms with Crippen molar-refractivity contribution in [2.75, 3.05) is 13.2 Å². The summed E-state index contributed by atoms with van der Waals surface area (Å²) < 4.78 is 10.8. The maximum Gasteiger partial charge on any atom is 0.329 e. The Morgan fingerprint density at radius 3 is 2.87 bits per heavy atom. The van der Waals surface area contributed by atoms with Crippen LogP contribution >= 0.6 is 11.3 Å². The van der Waals surface area contributed by atoms with Crippen molar-refractivity contribution >= 4 is 23.2 Å². The molecule has 2 heterocycles. The second-order valence-corrected chi connectivity index (χ2v) is 7.69. The first-order valence-corrected chi connectivity index (χ1v) is 8.84. The van der Waals surface area contributed by atoms with E-state index in [1.54, 1.807) is 18.3 Å². The zero-order valence-electron chi connectivity index (χ0n) is 14.2. The van der Waals surface area contributed by atoms with Crippen molar-refractivity contribution < 1.29 is 19.1 Å². The number of hydrogen-bond donors (Lipinski definition) is 1. The fraction of sp³-hybridized carbons (Fsp3) is 0.647. The summed E-state index contributed by atoms with van der Waals surface area (Å²) >= 11 is 1.62. The van der Waals surface area contributed by atoms with Crippen LogP contribution in [0.1, 0.15) is 50.7 Å². The van der Waals surface area contributed by atoms with E-state index in [1.165, 1.54) is 5.56 Å². The smallest absolute Gasteiger partial charge is 0.329 e. The molecule has 0 bridgehead atoms. The van der Waals surface area contributed by atoms with Crippen LogP contribution in [0, 0.1) is 5.41 Å². The molecule has 1 N–H and O–H groups in total. The maximum atomic E-state index is 12.4. The van der Waals surface area contributed by atoms with Crippen LogP contribution in [0.25, 0.3) is 0 Å². The average molecular weight is 339 g/mol. The quantitative estimate of drug-likeness (QED) is 0.838. The first kappa shape index (κ1) is 17.9. The van der Waals surface area contributed by atoms with Gasteiger partial charge >= 0.3 is 5.97 Å². The third kappa shape index (κ3) is 4.54. The lowest BCUT2D eigenvalue weighted by molar-refractivity contribution is -0.151. The number of carbonyl (C=O) groups is 2. The molecule has 1 aliphatic rings. The number of fused-ring (bicyclic) bond motifs is 1. The molecule has 5 nitrogen and oxygen atoms in total. The van der Waals surface area contributed by atoms with Crippen molar-refractivity contribution in [3.63, 3.8) is 0 Å². The van der Waals surface area contributed by atoms with Gasteiger partial charge < -0.3 is 14.8 Å². The van der Waals surface area contributed by atoms with Gasteiger partial charge in [0.25, 0.3) is 0 Å². The third-order valence-corrected chi connectivity index (χ3v) is 4.88. The molecule has 6 heteroatoms. The Hall–Kier alpha value is -1.40. The predicted octanol–water partition coefficient (Wildman–Crippen LogP) is 2.85. The van der Waals surface area contributed by atoms with Gasteiger partial charge in [-0.25, -0.2) is 4.79 Å². The van der Waals surface area contributed by atoms with E-state index in [-0.39, 0.29) is 18.4 Å². The molecule has 0 aliphatic carbocycles. The Labute approximate surface area is 141 Å². The van der Waals surface area contributed by atoms with E-state index in [4.69, 9.17) is 9.47 Å². The molecule has 2 atom stereocenters. The summed E-state index contributed by atoms with van der Waals surface area (Å²) in [6.07, 6.45) is 0.894. The average Bonchev–Trinajstić information content (AvgIpc) is 2.93. The Balaban J connectivity index is 2.02. The summed E-state index contributed by atoms with van der Waals surface area (Å²) in [6.45, 7) is 8.40. The standard InChI is InChI=1S/C17H25NO4S/c1-5-21-16(20)15(17(2,3)4)18-13(19)10-12-14-11(6-8-22-12)7-9-23-14/h7,9,12,15H,5-6,8,10H2,1-4H3,(H,18,19)/t12?,15-/m1/s1. The molecule has 0 saturated heterocycles. The number of carbonyl (C=O) groups excluding carboxylic acids is 2. The van der Waals surface area contributed by atoms with Gasteiger partial charge in [0.2, 0.25) is 5.91 Å². The summed E-state index contributed by atoms with van der Waals surface area (Å²) in [6, 6.07) is 1.42. The van der Waals surface area contributed by atoms with Crippen LogP contribution in [-0.4, -0.2) is 31.1 Å². The van der Waals surface area contributed by atoms with E-state index in [2.05, 4.69) is 11.4 Å². The monoisotopic (exact) mass is 339 g/mol. The number of nitrogens with one attached hydrogen (secondary N) is 1. The molecule has 1 aromatic rings. The van der Waals surface area contributed by atoms with E-state index in [1.807, 2.05) is 26.2 Å². The van der Waals surface area contributed by atoms with Crippen LogP contribution in [0.3, 0.4) is 0 Å². The minimum Gasteiger partial charge on any atom is -0.464 e. The van der Waals surface area contributed by atoms with Crippen LogP contribution in [0.2, 0.25) is 0 Å². The first-order chi connectivity index (χ1) is 10.8. The van der Waals surface area contributed by atoms with Crippen molar-refractivity contribution in [3.8, 4) is 0 Å². The molecule has 1 amide bonds. The molecule has 1 aromatic heterocycles. The summed E-state index contributed by atoms with van der Waals surface area (Å²) in [4.78, 5) is 25.6. The van der Waals surface area contributed by atoms with Gasteiger partial charge in [0.15, 0.2) is 0 Å². The molecule has 0 fully saturated rings. The molecule has 0 radical (unpaired) electrons. The summed E-state index contributed by atoms with van der Waals surface area (Å²) in [7, 11) is 0. The molecular weight excluding hydrogens is 314 g/mol. The summed E-state index contributed by atoms with van der Waals surface area (Å²) in [5.74, 6) is -0.584. The fourth-order valence-corrected chi connectivity index (χ4v) is 3.62. The Bertz CT molecular complexity index is 561. The third-order valence-electron chi connectivity index (χ3n) is 3.83. The highest BCUT2D eigenvalue weighted by atomic mass is 32.1. The fourth-order valence-electron chi connectivity index (χ4n) is 2.62. The second kappa shape index (κ2) is 7.45. The molecule has 23 heavy (non-hydrogen) atoms. The van der Waals surface area contributed by atoms with Crippen LogP contribution in [-0.2, 0) is 25.5 Å². The number of esters is 1. The zero-order valence-corrected chi connectivity index (χ0v) is 15.0. The minimum atomic E-state index is -0.665. The van der Waals surface area contributed by atoms with E-state index in [0.29, 0.717) is 13.2 Å². The molecule has 0 aromatic carbocycles. The van der Waals surface area contributed by atoms with Gasteiger partial charge in [0.05, 0.1) is 19.6 Å². The van der Waals surface area contributed by atoms with Crippen molar-refractivity contribution in [1.82, 2.24) is 5.32 Å². The van der Waals surface area contributed by atoms with E-state index < -0.39 is 17.4 Å². The normalized spacial score (nSPS) is 18.9. The Morgan fingerprint density at radius 2 is 2.22 bits per heavy atom. The summed E-state index contributed by atoms with van der Waals surface area (Å²) in [5, 5.41) is 4.85. The first-order valence-electron chi connectivity index (χ1n) is 7.96. The van der Waals surface area contributed by atoms with E-state index >= 15 is 0 Å². The highest BCUT2D eigenvalue weighted by molar-refractivity contribution is 7.10. The van der Waals surface area contributed by atoms with Crippen molar-refractivity contribution in [2.45, 2.75) is 52.7 Å². The van der Waals surface area contributed by atoms with E-state index in [9.17, 15) is 9.59 Å². The second-order valence-electron chi connectivity index (χ2n) is 6.74. The number of amides is 1. The van der Waals surface area contributed by atoms with Crippen LogP contribution in [0.4, 0.5) is 0 Å². The topological polar surface area (TPSA) is 64.6 Å². The van der Waals surface area contributed by atoms with Gasteiger partial charge in [-0.1, -0.05) is 20.8 Å². The molecular formula is C17H25NO4S. The van der Waals surface area contributed by atoms with Crippen molar-refractivity contribution in [3.05, 3.63) is 21.9 Å². The maximum absolute atomic E-state index is 12.4. The molecule has 0 saturated carbocycles. The highest BCUT2D eigenvalue weighted by Gasteiger charge is 2.35. The molecule has 128 valence electrons. The van der Waals surface area contributed by atoms with Gasteiger partial charge in [0.1, 0.15) is 12.1 Å². The van der Waals surface area contributed by atoms with Crippen molar-refractivity contribution in [2.24, 2.45) is 5.41 Å². The molecule has 1 aliphatic heterocycles. The van der Waals surface area contributed by atoms with Gasteiger partial charge in [0, 0.05) is 4.88 Å². The lowest BCUT2D eigenvalue weighted by Crippen LogP contribution is -2.50. The Morgan fingerprint density at radius 1 is 1.48 bits per heavy atom. The van der Waals surface area contributed by atoms with Crippen LogP contribution in [0.5, 0.6) is 0 Å². The number of rotatable bonds is 5.